The molecule has 0 radical (unpaired) electrons. The highest BCUT2D eigenvalue weighted by atomic mass is 32.1. The Bertz CT molecular complexity index is 326. The van der Waals surface area contributed by atoms with Gasteiger partial charge >= 0.3 is 0 Å². The minimum Gasteiger partial charge on any atom is -0.356 e. The largest absolute Gasteiger partial charge is 0.356 e. The molecule has 1 N–H and O–H groups in total. The smallest absolute Gasteiger partial charge is 0.202 e. The standard InChI is InChI=1S/C10H17N3S/c1-6-5-7(6)8-11-9(14-13-8)12-10(2,3)4/h6-7H,5H2,1-4H3,(H,11,12,13). The van der Waals surface area contributed by atoms with E-state index in [4.69, 9.17) is 0 Å². The first-order valence-corrected chi connectivity index (χ1v) is 5.85. The molecule has 1 heterocycles. The van der Waals surface area contributed by atoms with Gasteiger partial charge in [-0.3, -0.25) is 0 Å². The van der Waals surface area contributed by atoms with Gasteiger partial charge in [-0.25, -0.2) is 4.98 Å². The van der Waals surface area contributed by atoms with Crippen molar-refractivity contribution in [3.8, 4) is 0 Å². The minimum atomic E-state index is 0.0754. The van der Waals surface area contributed by atoms with Crippen LogP contribution in [0, 0.1) is 5.92 Å². The first kappa shape index (κ1) is 9.90. The van der Waals surface area contributed by atoms with Crippen LogP contribution in [-0.4, -0.2) is 14.9 Å². The average Bonchev–Trinajstić information content (AvgIpc) is 2.58. The van der Waals surface area contributed by atoms with Crippen LogP contribution in [0.4, 0.5) is 5.13 Å². The van der Waals surface area contributed by atoms with Crippen LogP contribution in [0.25, 0.3) is 0 Å². The Balaban J connectivity index is 2.03. The van der Waals surface area contributed by atoms with E-state index >= 15 is 0 Å². The lowest BCUT2D eigenvalue weighted by Gasteiger charge is -2.18. The van der Waals surface area contributed by atoms with Crippen molar-refractivity contribution in [1.29, 1.82) is 0 Å². The predicted molar refractivity (Wildman–Crippen MR) is 59.8 cm³/mol. The summed E-state index contributed by atoms with van der Waals surface area (Å²) in [6.07, 6.45) is 1.26. The molecule has 0 aliphatic heterocycles. The van der Waals surface area contributed by atoms with Crippen molar-refractivity contribution in [2.75, 3.05) is 5.32 Å². The third kappa shape index (κ3) is 2.23. The van der Waals surface area contributed by atoms with E-state index in [0.717, 1.165) is 16.9 Å². The van der Waals surface area contributed by atoms with Crippen molar-refractivity contribution >= 4 is 16.7 Å². The Morgan fingerprint density at radius 2 is 2.07 bits per heavy atom. The van der Waals surface area contributed by atoms with Gasteiger partial charge in [-0.15, -0.1) is 0 Å². The van der Waals surface area contributed by atoms with Crippen LogP contribution in [0.1, 0.15) is 45.9 Å². The Morgan fingerprint density at radius 3 is 2.57 bits per heavy atom. The molecule has 78 valence electrons. The molecule has 0 aromatic carbocycles. The lowest BCUT2D eigenvalue weighted by Crippen LogP contribution is -2.25. The molecule has 3 nitrogen and oxygen atoms in total. The quantitative estimate of drug-likeness (QED) is 0.817. The van der Waals surface area contributed by atoms with Crippen molar-refractivity contribution < 1.29 is 0 Å². The van der Waals surface area contributed by atoms with Gasteiger partial charge in [0.25, 0.3) is 0 Å². The molecule has 14 heavy (non-hydrogen) atoms. The van der Waals surface area contributed by atoms with Gasteiger partial charge in [-0.1, -0.05) is 6.92 Å². The SMILES string of the molecule is CC1CC1c1nsc(NC(C)(C)C)n1. The fourth-order valence-corrected chi connectivity index (χ4v) is 2.28. The Kier molecular flexibility index (Phi) is 2.26. The molecule has 0 saturated heterocycles. The van der Waals surface area contributed by atoms with E-state index < -0.39 is 0 Å². The lowest BCUT2D eigenvalue weighted by atomic mass is 10.1. The van der Waals surface area contributed by atoms with Crippen LogP contribution >= 0.6 is 11.5 Å². The molecule has 2 rings (SSSR count). The highest BCUT2D eigenvalue weighted by Crippen LogP contribution is 2.46. The molecule has 1 aliphatic rings. The van der Waals surface area contributed by atoms with E-state index in [2.05, 4.69) is 42.4 Å². The van der Waals surface area contributed by atoms with Gasteiger partial charge in [0.2, 0.25) is 5.13 Å². The molecule has 1 aromatic heterocycles. The van der Waals surface area contributed by atoms with Gasteiger partial charge in [0.1, 0.15) is 5.82 Å². The summed E-state index contributed by atoms with van der Waals surface area (Å²) in [6, 6.07) is 0. The van der Waals surface area contributed by atoms with Gasteiger partial charge < -0.3 is 5.32 Å². The van der Waals surface area contributed by atoms with Crippen LogP contribution < -0.4 is 5.32 Å². The van der Waals surface area contributed by atoms with Crippen LogP contribution in [0.15, 0.2) is 0 Å². The molecule has 0 amide bonds. The van der Waals surface area contributed by atoms with E-state index in [0.29, 0.717) is 5.92 Å². The fourth-order valence-electron chi connectivity index (χ4n) is 1.44. The normalized spacial score (nSPS) is 26.3. The maximum Gasteiger partial charge on any atom is 0.202 e. The molecule has 1 aliphatic carbocycles. The molecule has 2 atom stereocenters. The van der Waals surface area contributed by atoms with Crippen molar-refractivity contribution in [3.05, 3.63) is 5.82 Å². The summed E-state index contributed by atoms with van der Waals surface area (Å²) in [5.74, 6) is 2.45. The number of nitrogens with one attached hydrogen (secondary N) is 1. The summed E-state index contributed by atoms with van der Waals surface area (Å²) in [5, 5.41) is 4.29. The first-order valence-electron chi connectivity index (χ1n) is 5.07. The van der Waals surface area contributed by atoms with Gasteiger partial charge in [0.05, 0.1) is 0 Å². The van der Waals surface area contributed by atoms with E-state index in [-0.39, 0.29) is 5.54 Å². The number of rotatable bonds is 2. The summed E-state index contributed by atoms with van der Waals surface area (Å²) in [6.45, 7) is 8.65. The highest BCUT2D eigenvalue weighted by molar-refractivity contribution is 7.09. The Morgan fingerprint density at radius 1 is 1.43 bits per heavy atom. The zero-order chi connectivity index (χ0) is 10.3. The van der Waals surface area contributed by atoms with Crippen molar-refractivity contribution in [2.45, 2.75) is 45.6 Å². The Labute approximate surface area is 89.1 Å². The van der Waals surface area contributed by atoms with Crippen LogP contribution in [-0.2, 0) is 0 Å². The van der Waals surface area contributed by atoms with Crippen LogP contribution in [0.5, 0.6) is 0 Å². The van der Waals surface area contributed by atoms with E-state index in [9.17, 15) is 0 Å². The molecular weight excluding hydrogens is 194 g/mol. The molecule has 1 saturated carbocycles. The number of anilines is 1. The summed E-state index contributed by atoms with van der Waals surface area (Å²) in [4.78, 5) is 4.50. The van der Waals surface area contributed by atoms with Crippen molar-refractivity contribution in [2.24, 2.45) is 5.92 Å². The number of aromatic nitrogens is 2. The second-order valence-electron chi connectivity index (χ2n) is 5.15. The number of hydrogen-bond acceptors (Lipinski definition) is 4. The van der Waals surface area contributed by atoms with Crippen molar-refractivity contribution in [1.82, 2.24) is 9.36 Å². The van der Waals surface area contributed by atoms with Gasteiger partial charge in [0, 0.05) is 23.0 Å². The molecule has 4 heteroatoms. The van der Waals surface area contributed by atoms with Crippen LogP contribution in [0.3, 0.4) is 0 Å². The number of nitrogens with zero attached hydrogens (tertiary/aromatic N) is 2. The third-order valence-corrected chi connectivity index (χ3v) is 3.01. The maximum atomic E-state index is 4.50. The molecule has 2 unspecified atom stereocenters. The third-order valence-electron chi connectivity index (χ3n) is 2.36. The summed E-state index contributed by atoms with van der Waals surface area (Å²) in [5.41, 5.74) is 0.0754. The fraction of sp³-hybridized carbons (Fsp3) is 0.800. The monoisotopic (exact) mass is 211 g/mol. The zero-order valence-electron chi connectivity index (χ0n) is 9.16. The molecule has 0 bridgehead atoms. The van der Waals surface area contributed by atoms with Gasteiger partial charge in [0.15, 0.2) is 0 Å². The topological polar surface area (TPSA) is 37.8 Å². The lowest BCUT2D eigenvalue weighted by molar-refractivity contribution is 0.632. The van der Waals surface area contributed by atoms with Crippen LogP contribution in [0.2, 0.25) is 0 Å². The maximum absolute atomic E-state index is 4.50. The van der Waals surface area contributed by atoms with E-state index in [1.165, 1.54) is 18.0 Å². The predicted octanol–water partition coefficient (Wildman–Crippen LogP) is 2.87. The second kappa shape index (κ2) is 3.19. The highest BCUT2D eigenvalue weighted by Gasteiger charge is 2.37. The minimum absolute atomic E-state index is 0.0754. The Hall–Kier alpha value is -0.640. The van der Waals surface area contributed by atoms with E-state index in [1.54, 1.807) is 0 Å². The molecule has 1 aromatic rings. The summed E-state index contributed by atoms with van der Waals surface area (Å²) in [7, 11) is 0. The molecule has 1 fully saturated rings. The summed E-state index contributed by atoms with van der Waals surface area (Å²) < 4.78 is 4.38. The zero-order valence-corrected chi connectivity index (χ0v) is 9.98. The average molecular weight is 211 g/mol. The molecule has 0 spiro atoms. The van der Waals surface area contributed by atoms with Gasteiger partial charge in [-0.05, 0) is 33.1 Å². The van der Waals surface area contributed by atoms with Crippen molar-refractivity contribution in [3.63, 3.8) is 0 Å². The molecular formula is C10H17N3S. The summed E-state index contributed by atoms with van der Waals surface area (Å²) >= 11 is 1.47. The second-order valence-corrected chi connectivity index (χ2v) is 5.90. The number of hydrogen-bond donors (Lipinski definition) is 1. The first-order chi connectivity index (χ1) is 6.46. The van der Waals surface area contributed by atoms with Gasteiger partial charge in [-0.2, -0.15) is 4.37 Å². The van der Waals surface area contributed by atoms with E-state index in [1.807, 2.05) is 0 Å².